The van der Waals surface area contributed by atoms with Crippen molar-refractivity contribution >= 4 is 38.5 Å². The van der Waals surface area contributed by atoms with E-state index < -0.39 is 0 Å². The Hall–Kier alpha value is 0.699. The summed E-state index contributed by atoms with van der Waals surface area (Å²) < 4.78 is 2.49. The molecule has 0 aliphatic carbocycles. The molecule has 0 amide bonds. The van der Waals surface area contributed by atoms with Gasteiger partial charge in [-0.2, -0.15) is 0 Å². The van der Waals surface area contributed by atoms with Gasteiger partial charge >= 0.3 is 71.8 Å². The molecule has 0 rings (SSSR count). The first kappa shape index (κ1) is 9.70. The van der Waals surface area contributed by atoms with Crippen LogP contribution in [0.25, 0.3) is 0 Å². The summed E-state index contributed by atoms with van der Waals surface area (Å²) in [4.78, 5) is 0. The van der Waals surface area contributed by atoms with Crippen molar-refractivity contribution in [3.05, 3.63) is 24.0 Å². The molecule has 0 saturated carbocycles. The van der Waals surface area contributed by atoms with E-state index in [0.717, 1.165) is 15.0 Å². The molecule has 0 aromatic rings. The Kier molecular flexibility index (Phi) is 9.38. The maximum absolute atomic E-state index is 3.62. The predicted molar refractivity (Wildman–Crippen MR) is 51.1 cm³/mol. The molecule has 52 valence electrons. The monoisotopic (exact) mass is 226 g/mol. The van der Waals surface area contributed by atoms with Gasteiger partial charge in [0.1, 0.15) is 0 Å². The Morgan fingerprint density at radius 1 is 1.11 bits per heavy atom. The number of hydrogen-bond acceptors (Lipinski definition) is 2. The fourth-order valence-corrected chi connectivity index (χ4v) is 4.59. The van der Waals surface area contributed by atoms with Crippen LogP contribution in [0.4, 0.5) is 0 Å². The van der Waals surface area contributed by atoms with Crippen LogP contribution in [0.2, 0.25) is 0 Å². The third-order valence-corrected chi connectivity index (χ3v) is 5.43. The second kappa shape index (κ2) is 8.70. The van der Waals surface area contributed by atoms with E-state index in [9.17, 15) is 0 Å². The van der Waals surface area contributed by atoms with E-state index >= 15 is 0 Å². The van der Waals surface area contributed by atoms with Crippen LogP contribution in [0, 0.1) is 0 Å². The first-order valence-electron chi connectivity index (χ1n) is 2.44. The predicted octanol–water partition coefficient (Wildman–Crippen LogP) is 2.36. The third kappa shape index (κ3) is 8.70. The third-order valence-electron chi connectivity index (χ3n) is 0.538. The van der Waals surface area contributed by atoms with Crippen molar-refractivity contribution in [2.75, 3.05) is 9.30 Å². The van der Waals surface area contributed by atoms with Gasteiger partial charge in [-0.05, 0) is 0 Å². The van der Waals surface area contributed by atoms with Gasteiger partial charge in [-0.1, -0.05) is 0 Å². The number of thioether (sulfide) groups is 2. The first-order valence-corrected chi connectivity index (χ1v) is 6.96. The van der Waals surface area contributed by atoms with Crippen LogP contribution in [0.5, 0.6) is 0 Å². The molecule has 0 aliphatic heterocycles. The summed E-state index contributed by atoms with van der Waals surface area (Å²) in [6.07, 6.45) is 0. The van der Waals surface area contributed by atoms with Crippen LogP contribution < -0.4 is 0 Å². The van der Waals surface area contributed by atoms with Gasteiger partial charge in [0.15, 0.2) is 0 Å². The van der Waals surface area contributed by atoms with Crippen LogP contribution in [0.15, 0.2) is 24.0 Å². The van der Waals surface area contributed by atoms with Crippen molar-refractivity contribution in [2.24, 2.45) is 0 Å². The van der Waals surface area contributed by atoms with Gasteiger partial charge in [0.2, 0.25) is 0 Å². The summed E-state index contributed by atoms with van der Waals surface area (Å²) in [6, 6.07) is 0. The Bertz CT molecular complexity index is 73.1. The summed E-state index contributed by atoms with van der Waals surface area (Å²) in [5.41, 5.74) is 0. The average Bonchev–Trinajstić information content (AvgIpc) is 1.89. The molecule has 0 nitrogen and oxygen atoms in total. The molecule has 0 fully saturated rings. The Morgan fingerprint density at radius 2 is 1.56 bits per heavy atom. The molecule has 9 heavy (non-hydrogen) atoms. The SMILES string of the molecule is C=CSC[Se]CSC=C. The fourth-order valence-electron chi connectivity index (χ4n) is 0.226. The Balaban J connectivity index is 2.74. The van der Waals surface area contributed by atoms with E-state index in [0.29, 0.717) is 0 Å². The zero-order chi connectivity index (χ0) is 6.95. The van der Waals surface area contributed by atoms with Crippen molar-refractivity contribution in [2.45, 2.75) is 0 Å². The molecule has 0 unspecified atom stereocenters. The second-order valence-electron chi connectivity index (χ2n) is 1.11. The zero-order valence-corrected chi connectivity index (χ0v) is 8.55. The van der Waals surface area contributed by atoms with Gasteiger partial charge in [0.25, 0.3) is 0 Å². The Morgan fingerprint density at radius 3 is 1.89 bits per heavy atom. The molecule has 0 aliphatic rings. The number of rotatable bonds is 6. The van der Waals surface area contributed by atoms with E-state index in [4.69, 9.17) is 0 Å². The minimum absolute atomic E-state index is 0.762. The molecule has 0 bridgehead atoms. The van der Waals surface area contributed by atoms with E-state index in [1.807, 2.05) is 10.8 Å². The molecule has 0 radical (unpaired) electrons. The van der Waals surface area contributed by atoms with Crippen molar-refractivity contribution < 1.29 is 0 Å². The zero-order valence-electron chi connectivity index (χ0n) is 5.21. The molecule has 0 N–H and O–H groups in total. The standard InChI is InChI=1S/C6H10S2Se/c1-3-7-5-9-6-8-4-2/h3-4H,1-2,5-6H2. The van der Waals surface area contributed by atoms with Crippen LogP contribution >= 0.6 is 23.5 Å². The van der Waals surface area contributed by atoms with E-state index in [2.05, 4.69) is 13.2 Å². The van der Waals surface area contributed by atoms with Crippen LogP contribution in [-0.4, -0.2) is 24.3 Å². The maximum atomic E-state index is 3.62. The van der Waals surface area contributed by atoms with Gasteiger partial charge in [0, 0.05) is 0 Å². The van der Waals surface area contributed by atoms with Crippen molar-refractivity contribution in [1.82, 2.24) is 0 Å². The topological polar surface area (TPSA) is 0 Å². The van der Waals surface area contributed by atoms with Crippen molar-refractivity contribution in [3.63, 3.8) is 0 Å². The second-order valence-corrected chi connectivity index (χ2v) is 6.73. The summed E-state index contributed by atoms with van der Waals surface area (Å²) in [7, 11) is 0. The van der Waals surface area contributed by atoms with Crippen molar-refractivity contribution in [1.29, 1.82) is 0 Å². The summed E-state index contributed by atoms with van der Waals surface area (Å²) in [5, 5.41) is 3.81. The van der Waals surface area contributed by atoms with Gasteiger partial charge in [-0.3, -0.25) is 0 Å². The molecule has 0 atom stereocenters. The molecular formula is C6H10S2Se. The van der Waals surface area contributed by atoms with Gasteiger partial charge < -0.3 is 0 Å². The molecule has 0 aromatic heterocycles. The van der Waals surface area contributed by atoms with Gasteiger partial charge in [-0.15, -0.1) is 0 Å². The van der Waals surface area contributed by atoms with E-state index in [1.165, 1.54) is 9.30 Å². The van der Waals surface area contributed by atoms with Gasteiger partial charge in [-0.25, -0.2) is 0 Å². The van der Waals surface area contributed by atoms with E-state index in [1.54, 1.807) is 23.5 Å². The first-order chi connectivity index (χ1) is 4.41. The Labute approximate surface area is 71.7 Å². The van der Waals surface area contributed by atoms with Crippen LogP contribution in [0.3, 0.4) is 0 Å². The van der Waals surface area contributed by atoms with Crippen molar-refractivity contribution in [3.8, 4) is 0 Å². The summed E-state index contributed by atoms with van der Waals surface area (Å²) in [5.74, 6) is 0. The molecule has 0 heterocycles. The molecule has 0 aromatic carbocycles. The fraction of sp³-hybridized carbons (Fsp3) is 0.333. The molecular weight excluding hydrogens is 215 g/mol. The van der Waals surface area contributed by atoms with Gasteiger partial charge in [0.05, 0.1) is 0 Å². The van der Waals surface area contributed by atoms with Crippen LogP contribution in [-0.2, 0) is 0 Å². The normalized spacial score (nSPS) is 8.89. The summed E-state index contributed by atoms with van der Waals surface area (Å²) in [6.45, 7) is 7.25. The minimum atomic E-state index is 0.762. The quantitative estimate of drug-likeness (QED) is 0.502. The van der Waals surface area contributed by atoms with Crippen LogP contribution in [0.1, 0.15) is 0 Å². The molecule has 3 heteroatoms. The number of hydrogen-bond donors (Lipinski definition) is 0. The average molecular weight is 225 g/mol. The molecule has 0 saturated heterocycles. The van der Waals surface area contributed by atoms with E-state index in [-0.39, 0.29) is 0 Å². The molecule has 0 spiro atoms. The summed E-state index contributed by atoms with van der Waals surface area (Å²) >= 11 is 4.37.